The SMILES string of the molecule is COC[C@]1(O)CCCC[C@H]1n1cnc(C(=O)N2CCNC[C@H]2CCNc2ccccc2C#N)c1-c1ccccc1. The highest BCUT2D eigenvalue weighted by atomic mass is 16.5. The zero-order valence-electron chi connectivity index (χ0n) is 23.1. The van der Waals surface area contributed by atoms with Gasteiger partial charge in [-0.05, 0) is 31.4 Å². The maximum Gasteiger partial charge on any atom is 0.275 e. The van der Waals surface area contributed by atoms with Crippen LogP contribution in [0.2, 0.25) is 0 Å². The number of amides is 1. The molecule has 1 aliphatic heterocycles. The molecule has 3 N–H and O–H groups in total. The van der Waals surface area contributed by atoms with Gasteiger partial charge in [-0.25, -0.2) is 4.98 Å². The quantitative estimate of drug-likeness (QED) is 0.376. The average molecular weight is 543 g/mol. The van der Waals surface area contributed by atoms with Crippen molar-refractivity contribution < 1.29 is 14.6 Å². The molecular weight excluding hydrogens is 504 g/mol. The first-order valence-electron chi connectivity index (χ1n) is 14.1. The summed E-state index contributed by atoms with van der Waals surface area (Å²) in [6, 6.07) is 19.3. The topological polar surface area (TPSA) is 115 Å². The summed E-state index contributed by atoms with van der Waals surface area (Å²) >= 11 is 0. The first kappa shape index (κ1) is 27.8. The number of rotatable bonds is 9. The highest BCUT2D eigenvalue weighted by Gasteiger charge is 2.42. The van der Waals surface area contributed by atoms with Gasteiger partial charge in [0, 0.05) is 44.9 Å². The number of hydrogen-bond acceptors (Lipinski definition) is 7. The summed E-state index contributed by atoms with van der Waals surface area (Å²) in [6.07, 6.45) is 5.81. The van der Waals surface area contributed by atoms with Crippen molar-refractivity contribution in [2.45, 2.75) is 49.8 Å². The third-order valence-electron chi connectivity index (χ3n) is 8.18. The molecule has 3 atom stereocenters. The molecule has 5 rings (SSSR count). The number of benzene rings is 2. The second-order valence-electron chi connectivity index (χ2n) is 10.7. The molecule has 1 aromatic heterocycles. The minimum absolute atomic E-state index is 0.0307. The Hall–Kier alpha value is -3.71. The number of nitrogens with zero attached hydrogens (tertiary/aromatic N) is 4. The van der Waals surface area contributed by atoms with Gasteiger partial charge in [-0.3, -0.25) is 4.79 Å². The fourth-order valence-corrected chi connectivity index (χ4v) is 6.19. The van der Waals surface area contributed by atoms with Gasteiger partial charge >= 0.3 is 0 Å². The summed E-state index contributed by atoms with van der Waals surface area (Å²) in [5, 5.41) is 27.8. The molecule has 40 heavy (non-hydrogen) atoms. The molecule has 1 aliphatic carbocycles. The number of hydrogen-bond donors (Lipinski definition) is 3. The Bertz CT molecular complexity index is 1330. The van der Waals surface area contributed by atoms with Gasteiger partial charge in [0.25, 0.3) is 5.91 Å². The van der Waals surface area contributed by atoms with Crippen LogP contribution in [0.1, 0.15) is 54.2 Å². The number of nitrogens with one attached hydrogen (secondary N) is 2. The van der Waals surface area contributed by atoms with E-state index in [9.17, 15) is 15.2 Å². The van der Waals surface area contributed by atoms with E-state index in [1.54, 1.807) is 19.5 Å². The van der Waals surface area contributed by atoms with E-state index in [0.29, 0.717) is 43.9 Å². The summed E-state index contributed by atoms with van der Waals surface area (Å²) in [5.41, 5.74) is 2.42. The van der Waals surface area contributed by atoms with Crippen molar-refractivity contribution >= 4 is 11.6 Å². The second-order valence-corrected chi connectivity index (χ2v) is 10.7. The number of ether oxygens (including phenoxy) is 1. The Morgan fingerprint density at radius 1 is 1.23 bits per heavy atom. The minimum atomic E-state index is -1.03. The monoisotopic (exact) mass is 542 g/mol. The molecule has 1 amide bonds. The molecule has 1 saturated carbocycles. The maximum absolute atomic E-state index is 14.2. The number of methoxy groups -OCH3 is 1. The molecule has 2 aliphatic rings. The van der Waals surface area contributed by atoms with E-state index in [-0.39, 0.29) is 24.6 Å². The molecule has 9 heteroatoms. The number of anilines is 1. The van der Waals surface area contributed by atoms with Crippen LogP contribution < -0.4 is 10.6 Å². The van der Waals surface area contributed by atoms with E-state index in [0.717, 1.165) is 42.6 Å². The molecule has 2 aromatic carbocycles. The molecule has 3 aromatic rings. The fraction of sp³-hybridized carbons (Fsp3) is 0.452. The molecular formula is C31H38N6O3. The number of aromatic nitrogens is 2. The summed E-state index contributed by atoms with van der Waals surface area (Å²) in [4.78, 5) is 20.8. The Morgan fingerprint density at radius 3 is 2.83 bits per heavy atom. The van der Waals surface area contributed by atoms with E-state index >= 15 is 0 Å². The predicted molar refractivity (Wildman–Crippen MR) is 154 cm³/mol. The smallest absolute Gasteiger partial charge is 0.275 e. The van der Waals surface area contributed by atoms with Crippen molar-refractivity contribution in [3.05, 3.63) is 72.2 Å². The highest BCUT2D eigenvalue weighted by Crippen LogP contribution is 2.41. The number of nitriles is 1. The zero-order chi connectivity index (χ0) is 28.0. The minimum Gasteiger partial charge on any atom is -0.385 e. The van der Waals surface area contributed by atoms with Gasteiger partial charge in [0.2, 0.25) is 0 Å². The van der Waals surface area contributed by atoms with Crippen molar-refractivity contribution in [2.75, 3.05) is 45.2 Å². The molecule has 0 spiro atoms. The zero-order valence-corrected chi connectivity index (χ0v) is 23.1. The summed E-state index contributed by atoms with van der Waals surface area (Å²) in [5.74, 6) is -0.104. The maximum atomic E-state index is 14.2. The van der Waals surface area contributed by atoms with E-state index in [1.807, 2.05) is 58.0 Å². The van der Waals surface area contributed by atoms with Crippen molar-refractivity contribution in [2.24, 2.45) is 0 Å². The lowest BCUT2D eigenvalue weighted by Crippen LogP contribution is -2.54. The van der Waals surface area contributed by atoms with Crippen LogP contribution in [0.4, 0.5) is 5.69 Å². The van der Waals surface area contributed by atoms with E-state index in [4.69, 9.17) is 9.72 Å². The van der Waals surface area contributed by atoms with Crippen LogP contribution in [-0.2, 0) is 4.74 Å². The lowest BCUT2D eigenvalue weighted by molar-refractivity contribution is -0.0893. The molecule has 0 radical (unpaired) electrons. The summed E-state index contributed by atoms with van der Waals surface area (Å²) < 4.78 is 7.45. The number of carbonyl (C=O) groups excluding carboxylic acids is 1. The Labute approximate surface area is 235 Å². The Morgan fingerprint density at radius 2 is 2.02 bits per heavy atom. The van der Waals surface area contributed by atoms with Gasteiger partial charge < -0.3 is 29.9 Å². The molecule has 210 valence electrons. The van der Waals surface area contributed by atoms with Gasteiger partial charge in [-0.1, -0.05) is 55.3 Å². The first-order chi connectivity index (χ1) is 19.6. The standard InChI is InChI=1S/C31H38N6O3/c1-40-21-31(39)15-8-7-13-27(31)37-22-35-28(29(37)23-9-3-2-4-10-23)30(38)36-18-17-33-20-25(36)14-16-34-26-12-6-5-11-24(26)19-32/h2-6,9-12,22,25,27,33-34,39H,7-8,13-18,20-21H2,1H3/t25-,27-,31-/m1/s1. The van der Waals surface area contributed by atoms with Crippen LogP contribution in [0, 0.1) is 11.3 Å². The lowest BCUT2D eigenvalue weighted by atomic mass is 9.80. The van der Waals surface area contributed by atoms with Crippen molar-refractivity contribution in [1.82, 2.24) is 19.8 Å². The van der Waals surface area contributed by atoms with Crippen molar-refractivity contribution in [3.63, 3.8) is 0 Å². The van der Waals surface area contributed by atoms with Crippen LogP contribution >= 0.6 is 0 Å². The second kappa shape index (κ2) is 12.6. The largest absolute Gasteiger partial charge is 0.385 e. The van der Waals surface area contributed by atoms with Crippen LogP contribution in [0.25, 0.3) is 11.3 Å². The Kier molecular flexibility index (Phi) is 8.80. The molecule has 0 unspecified atom stereocenters. The highest BCUT2D eigenvalue weighted by molar-refractivity contribution is 5.98. The van der Waals surface area contributed by atoms with Gasteiger partial charge in [-0.2, -0.15) is 5.26 Å². The number of para-hydroxylation sites is 1. The van der Waals surface area contributed by atoms with Crippen molar-refractivity contribution in [3.8, 4) is 17.3 Å². The first-order valence-corrected chi connectivity index (χ1v) is 14.1. The molecule has 1 saturated heterocycles. The van der Waals surface area contributed by atoms with Crippen LogP contribution in [0.3, 0.4) is 0 Å². The third-order valence-corrected chi connectivity index (χ3v) is 8.18. The van der Waals surface area contributed by atoms with Gasteiger partial charge in [0.15, 0.2) is 5.69 Å². The lowest BCUT2D eigenvalue weighted by Gasteiger charge is -2.41. The molecule has 9 nitrogen and oxygen atoms in total. The third kappa shape index (κ3) is 5.75. The van der Waals surface area contributed by atoms with E-state index in [1.165, 1.54) is 0 Å². The normalized spacial score (nSPS) is 23.0. The number of carbonyl (C=O) groups is 1. The molecule has 2 fully saturated rings. The average Bonchev–Trinajstić information content (AvgIpc) is 3.43. The number of aliphatic hydroxyl groups is 1. The van der Waals surface area contributed by atoms with Gasteiger partial charge in [0.1, 0.15) is 11.7 Å². The van der Waals surface area contributed by atoms with E-state index in [2.05, 4.69) is 16.7 Å². The predicted octanol–water partition coefficient (Wildman–Crippen LogP) is 3.83. The van der Waals surface area contributed by atoms with Gasteiger partial charge in [-0.15, -0.1) is 0 Å². The van der Waals surface area contributed by atoms with Crippen molar-refractivity contribution in [1.29, 1.82) is 5.26 Å². The summed E-state index contributed by atoms with van der Waals surface area (Å²) in [6.45, 7) is 2.84. The fourth-order valence-electron chi connectivity index (χ4n) is 6.19. The van der Waals surface area contributed by atoms with Gasteiger partial charge in [0.05, 0.1) is 35.9 Å². The summed E-state index contributed by atoms with van der Waals surface area (Å²) in [7, 11) is 1.61. The van der Waals surface area contributed by atoms with Crippen LogP contribution in [0.15, 0.2) is 60.9 Å². The Balaban J connectivity index is 1.42. The number of imidazole rings is 1. The van der Waals surface area contributed by atoms with Crippen LogP contribution in [0.5, 0.6) is 0 Å². The van der Waals surface area contributed by atoms with Crippen LogP contribution in [-0.4, -0.2) is 77.0 Å². The molecule has 2 heterocycles. The number of piperazine rings is 1. The van der Waals surface area contributed by atoms with E-state index < -0.39 is 5.60 Å². The molecule has 0 bridgehead atoms.